The Morgan fingerprint density at radius 2 is 2.04 bits per heavy atom. The van der Waals surface area contributed by atoms with Gasteiger partial charge in [0.25, 0.3) is 11.6 Å². The normalized spacial score (nSPS) is 15.5. The molecule has 3 N–H and O–H groups in total. The molecule has 2 aromatic carbocycles. The SMILES string of the molecule is Nc1ccc([N+](=O)[O-])cc1C(=O)OCC(=O)NC1CCCc2ccccc21. The zero-order valence-electron chi connectivity index (χ0n) is 14.5. The number of nitrogens with two attached hydrogens (primary N) is 1. The van der Waals surface area contributed by atoms with E-state index in [9.17, 15) is 19.7 Å². The van der Waals surface area contributed by atoms with Crippen LogP contribution in [-0.2, 0) is 16.0 Å². The number of rotatable bonds is 5. The number of nitrogens with zero attached hydrogens (tertiary/aromatic N) is 1. The molecule has 1 aliphatic carbocycles. The highest BCUT2D eigenvalue weighted by Crippen LogP contribution is 2.29. The Balaban J connectivity index is 1.61. The molecule has 1 amide bonds. The Hall–Kier alpha value is -3.42. The number of hydrogen-bond donors (Lipinski definition) is 2. The van der Waals surface area contributed by atoms with Crippen molar-refractivity contribution in [2.45, 2.75) is 25.3 Å². The van der Waals surface area contributed by atoms with Crippen molar-refractivity contribution < 1.29 is 19.2 Å². The van der Waals surface area contributed by atoms with Gasteiger partial charge in [0, 0.05) is 17.8 Å². The van der Waals surface area contributed by atoms with Crippen LogP contribution in [0, 0.1) is 10.1 Å². The number of carbonyl (C=O) groups excluding carboxylic acids is 2. The third kappa shape index (κ3) is 4.22. The second kappa shape index (κ2) is 7.86. The molecule has 1 aliphatic rings. The number of hydrogen-bond acceptors (Lipinski definition) is 6. The highest BCUT2D eigenvalue weighted by molar-refractivity contribution is 5.97. The minimum atomic E-state index is -0.879. The largest absolute Gasteiger partial charge is 0.452 e. The quantitative estimate of drug-likeness (QED) is 0.361. The lowest BCUT2D eigenvalue weighted by atomic mass is 9.88. The maximum atomic E-state index is 12.2. The Morgan fingerprint density at radius 3 is 2.81 bits per heavy atom. The summed E-state index contributed by atoms with van der Waals surface area (Å²) < 4.78 is 4.98. The Bertz CT molecular complexity index is 897. The van der Waals surface area contributed by atoms with Gasteiger partial charge in [-0.05, 0) is 36.5 Å². The molecule has 0 heterocycles. The monoisotopic (exact) mass is 369 g/mol. The number of carbonyl (C=O) groups is 2. The number of non-ortho nitro benzene ring substituents is 1. The number of amides is 1. The number of nitro benzene ring substituents is 1. The van der Waals surface area contributed by atoms with Crippen LogP contribution in [0.15, 0.2) is 42.5 Å². The summed E-state index contributed by atoms with van der Waals surface area (Å²) in [5, 5.41) is 13.7. The summed E-state index contributed by atoms with van der Waals surface area (Å²) in [7, 11) is 0. The number of fused-ring (bicyclic) bond motifs is 1. The van der Waals surface area contributed by atoms with Crippen molar-refractivity contribution in [2.24, 2.45) is 0 Å². The van der Waals surface area contributed by atoms with Crippen LogP contribution in [-0.4, -0.2) is 23.4 Å². The molecule has 8 nitrogen and oxygen atoms in total. The summed E-state index contributed by atoms with van der Waals surface area (Å²) in [6.07, 6.45) is 2.75. The van der Waals surface area contributed by atoms with Gasteiger partial charge in [-0.15, -0.1) is 0 Å². The van der Waals surface area contributed by atoms with E-state index in [0.717, 1.165) is 30.9 Å². The number of nitrogen functional groups attached to an aromatic ring is 1. The molecule has 140 valence electrons. The van der Waals surface area contributed by atoms with E-state index in [1.165, 1.54) is 17.7 Å². The van der Waals surface area contributed by atoms with Crippen LogP contribution in [0.25, 0.3) is 0 Å². The van der Waals surface area contributed by atoms with Gasteiger partial charge in [0.1, 0.15) is 0 Å². The van der Waals surface area contributed by atoms with E-state index in [0.29, 0.717) is 0 Å². The van der Waals surface area contributed by atoms with Crippen molar-refractivity contribution in [3.63, 3.8) is 0 Å². The van der Waals surface area contributed by atoms with E-state index >= 15 is 0 Å². The molecule has 3 rings (SSSR count). The summed E-state index contributed by atoms with van der Waals surface area (Å²) in [6, 6.07) is 11.3. The number of ether oxygens (including phenoxy) is 1. The third-order valence-electron chi connectivity index (χ3n) is 4.51. The molecule has 0 aromatic heterocycles. The molecule has 0 bridgehead atoms. The molecule has 0 spiro atoms. The van der Waals surface area contributed by atoms with Crippen molar-refractivity contribution in [3.8, 4) is 0 Å². The third-order valence-corrected chi connectivity index (χ3v) is 4.51. The van der Waals surface area contributed by atoms with Gasteiger partial charge in [-0.3, -0.25) is 14.9 Å². The van der Waals surface area contributed by atoms with Crippen LogP contribution in [0.5, 0.6) is 0 Å². The average molecular weight is 369 g/mol. The predicted octanol–water partition coefficient (Wildman–Crippen LogP) is 2.53. The van der Waals surface area contributed by atoms with Gasteiger partial charge in [0.05, 0.1) is 16.5 Å². The number of esters is 1. The highest BCUT2D eigenvalue weighted by atomic mass is 16.6. The van der Waals surface area contributed by atoms with Gasteiger partial charge < -0.3 is 15.8 Å². The molecule has 1 atom stereocenters. The Morgan fingerprint density at radius 1 is 1.26 bits per heavy atom. The molecule has 0 radical (unpaired) electrons. The van der Waals surface area contributed by atoms with Crippen molar-refractivity contribution in [1.82, 2.24) is 5.32 Å². The summed E-state index contributed by atoms with van der Waals surface area (Å²) in [5.74, 6) is -1.32. The van der Waals surface area contributed by atoms with Crippen molar-refractivity contribution in [1.29, 1.82) is 0 Å². The highest BCUT2D eigenvalue weighted by Gasteiger charge is 2.22. The molecular formula is C19H19N3O5. The van der Waals surface area contributed by atoms with Crippen LogP contribution in [0.2, 0.25) is 0 Å². The number of anilines is 1. The molecule has 0 fully saturated rings. The standard InChI is InChI=1S/C19H19N3O5/c20-16-9-8-13(22(25)26)10-15(16)19(24)27-11-18(23)21-17-7-3-5-12-4-1-2-6-14(12)17/h1-2,4,6,8-10,17H,3,5,7,11,20H2,(H,21,23). The van der Waals surface area contributed by atoms with E-state index in [1.54, 1.807) is 0 Å². The summed E-state index contributed by atoms with van der Waals surface area (Å²) in [6.45, 7) is -0.486. The molecule has 27 heavy (non-hydrogen) atoms. The van der Waals surface area contributed by atoms with E-state index in [2.05, 4.69) is 5.32 Å². The fraction of sp³-hybridized carbons (Fsp3) is 0.263. The van der Waals surface area contributed by atoms with Crippen LogP contribution in [0.1, 0.15) is 40.4 Å². The zero-order chi connectivity index (χ0) is 19.4. The van der Waals surface area contributed by atoms with Gasteiger partial charge >= 0.3 is 5.97 Å². The molecular weight excluding hydrogens is 350 g/mol. The lowest BCUT2D eigenvalue weighted by molar-refractivity contribution is -0.384. The van der Waals surface area contributed by atoms with Gasteiger partial charge in [-0.25, -0.2) is 4.79 Å². The van der Waals surface area contributed by atoms with Crippen molar-refractivity contribution >= 4 is 23.3 Å². The van der Waals surface area contributed by atoms with Crippen molar-refractivity contribution in [2.75, 3.05) is 12.3 Å². The molecule has 0 aliphatic heterocycles. The lowest BCUT2D eigenvalue weighted by Gasteiger charge is -2.26. The van der Waals surface area contributed by atoms with Crippen LogP contribution in [0.4, 0.5) is 11.4 Å². The summed E-state index contributed by atoms with van der Waals surface area (Å²) in [5.41, 5.74) is 7.59. The lowest BCUT2D eigenvalue weighted by Crippen LogP contribution is -2.34. The average Bonchev–Trinajstić information content (AvgIpc) is 2.66. The number of aryl methyl sites for hydroxylation is 1. The predicted molar refractivity (Wildman–Crippen MR) is 98.1 cm³/mol. The van der Waals surface area contributed by atoms with Gasteiger partial charge in [-0.2, -0.15) is 0 Å². The van der Waals surface area contributed by atoms with Crippen molar-refractivity contribution in [3.05, 3.63) is 69.3 Å². The minimum Gasteiger partial charge on any atom is -0.452 e. The van der Waals surface area contributed by atoms with E-state index in [1.807, 2.05) is 24.3 Å². The van der Waals surface area contributed by atoms with E-state index < -0.39 is 23.4 Å². The van der Waals surface area contributed by atoms with Crippen LogP contribution in [0.3, 0.4) is 0 Å². The Labute approximate surface area is 155 Å². The molecule has 8 heteroatoms. The molecule has 1 unspecified atom stereocenters. The smallest absolute Gasteiger partial charge is 0.341 e. The number of nitrogens with one attached hydrogen (secondary N) is 1. The first-order valence-electron chi connectivity index (χ1n) is 8.54. The first-order valence-corrected chi connectivity index (χ1v) is 8.54. The van der Waals surface area contributed by atoms with E-state index in [-0.39, 0.29) is 23.0 Å². The van der Waals surface area contributed by atoms with Gasteiger partial charge in [-0.1, -0.05) is 24.3 Å². The Kier molecular flexibility index (Phi) is 5.35. The van der Waals surface area contributed by atoms with Gasteiger partial charge in [0.2, 0.25) is 0 Å². The van der Waals surface area contributed by atoms with E-state index in [4.69, 9.17) is 10.5 Å². The summed E-state index contributed by atoms with van der Waals surface area (Å²) in [4.78, 5) is 34.5. The van der Waals surface area contributed by atoms with Gasteiger partial charge in [0.15, 0.2) is 6.61 Å². The topological polar surface area (TPSA) is 125 Å². The molecule has 2 aromatic rings. The maximum absolute atomic E-state index is 12.2. The summed E-state index contributed by atoms with van der Waals surface area (Å²) >= 11 is 0. The molecule has 0 saturated carbocycles. The van der Waals surface area contributed by atoms with Crippen LogP contribution < -0.4 is 11.1 Å². The fourth-order valence-electron chi connectivity index (χ4n) is 3.18. The first kappa shape index (κ1) is 18.4. The zero-order valence-corrected chi connectivity index (χ0v) is 14.5. The second-order valence-electron chi connectivity index (χ2n) is 6.32. The second-order valence-corrected chi connectivity index (χ2v) is 6.32. The fourth-order valence-corrected chi connectivity index (χ4v) is 3.18. The maximum Gasteiger partial charge on any atom is 0.341 e. The minimum absolute atomic E-state index is 0.0483. The first-order chi connectivity index (χ1) is 13.0. The number of benzene rings is 2. The molecule has 0 saturated heterocycles. The number of nitro groups is 1. The van der Waals surface area contributed by atoms with Crippen LogP contribution >= 0.6 is 0 Å².